The highest BCUT2D eigenvalue weighted by Gasteiger charge is 2.22. The fourth-order valence-corrected chi connectivity index (χ4v) is 3.80. The molecule has 1 aromatic heterocycles. The second kappa shape index (κ2) is 12.0. The van der Waals surface area contributed by atoms with Gasteiger partial charge in [0, 0.05) is 25.0 Å². The van der Waals surface area contributed by atoms with Crippen molar-refractivity contribution in [2.45, 2.75) is 6.54 Å². The van der Waals surface area contributed by atoms with Crippen molar-refractivity contribution in [3.63, 3.8) is 0 Å². The molecule has 0 atom stereocenters. The molecule has 0 unspecified atom stereocenters. The van der Waals surface area contributed by atoms with Crippen LogP contribution in [-0.4, -0.2) is 67.4 Å². The molecule has 0 aliphatic carbocycles. The Balaban J connectivity index is 1.73. The van der Waals surface area contributed by atoms with Crippen molar-refractivity contribution in [3.8, 4) is 5.75 Å². The van der Waals surface area contributed by atoms with Crippen LogP contribution < -0.4 is 15.4 Å². The van der Waals surface area contributed by atoms with Gasteiger partial charge < -0.3 is 25.2 Å². The molecule has 2 amide bonds. The van der Waals surface area contributed by atoms with Crippen molar-refractivity contribution in [3.05, 3.63) is 71.2 Å². The maximum Gasteiger partial charge on any atom is 0.274 e. The summed E-state index contributed by atoms with van der Waals surface area (Å²) in [7, 11) is 5.48. The highest BCUT2D eigenvalue weighted by molar-refractivity contribution is 7.14. The number of hydrogen-bond acceptors (Lipinski definition) is 7. The van der Waals surface area contributed by atoms with Crippen LogP contribution in [0.15, 0.2) is 60.0 Å². The largest absolute Gasteiger partial charge is 0.495 e. The molecule has 0 saturated heterocycles. The van der Waals surface area contributed by atoms with E-state index < -0.39 is 0 Å². The van der Waals surface area contributed by atoms with Crippen LogP contribution in [-0.2, 0) is 11.3 Å². The molecule has 0 radical (unpaired) electrons. The van der Waals surface area contributed by atoms with Crippen LogP contribution in [0.1, 0.15) is 16.1 Å². The molecule has 0 fully saturated rings. The monoisotopic (exact) mass is 467 g/mol. The summed E-state index contributed by atoms with van der Waals surface area (Å²) in [4.78, 5) is 33.8. The van der Waals surface area contributed by atoms with Gasteiger partial charge >= 0.3 is 0 Å². The second-order valence-electron chi connectivity index (χ2n) is 7.66. The third-order valence-corrected chi connectivity index (χ3v) is 5.55. The molecular weight excluding hydrogens is 438 g/mol. The zero-order valence-corrected chi connectivity index (χ0v) is 19.9. The molecule has 1 heterocycles. The molecule has 9 heteroatoms. The molecule has 3 rings (SSSR count). The summed E-state index contributed by atoms with van der Waals surface area (Å²) >= 11 is 1.32. The highest BCUT2D eigenvalue weighted by Crippen LogP contribution is 2.28. The number of amides is 2. The molecule has 174 valence electrons. The SMILES string of the molecule is COc1ccccc1Nc1nc(C(=O)N(CC(=O)NCCN(C)C)Cc2ccccc2)cs1. The first kappa shape index (κ1) is 24.2. The van der Waals surface area contributed by atoms with E-state index in [0.717, 1.165) is 17.8 Å². The number of ether oxygens (including phenoxy) is 1. The van der Waals surface area contributed by atoms with Crippen molar-refractivity contribution >= 4 is 34.0 Å². The number of para-hydroxylation sites is 2. The van der Waals surface area contributed by atoms with Gasteiger partial charge in [0.05, 0.1) is 12.8 Å². The Labute approximate surface area is 198 Å². The average Bonchev–Trinajstić information content (AvgIpc) is 3.27. The lowest BCUT2D eigenvalue weighted by atomic mass is 10.2. The lowest BCUT2D eigenvalue weighted by Crippen LogP contribution is -2.42. The van der Waals surface area contributed by atoms with E-state index in [1.165, 1.54) is 16.2 Å². The minimum atomic E-state index is -0.300. The number of nitrogens with zero attached hydrogens (tertiary/aromatic N) is 3. The maximum absolute atomic E-state index is 13.3. The van der Waals surface area contributed by atoms with Gasteiger partial charge in [0.15, 0.2) is 5.13 Å². The van der Waals surface area contributed by atoms with Gasteiger partial charge in [-0.2, -0.15) is 0 Å². The van der Waals surface area contributed by atoms with Crippen molar-refractivity contribution in [1.82, 2.24) is 20.1 Å². The summed E-state index contributed by atoms with van der Waals surface area (Å²) in [5.41, 5.74) is 1.98. The smallest absolute Gasteiger partial charge is 0.274 e. The summed E-state index contributed by atoms with van der Waals surface area (Å²) < 4.78 is 5.36. The van der Waals surface area contributed by atoms with Gasteiger partial charge in [-0.15, -0.1) is 11.3 Å². The van der Waals surface area contributed by atoms with Gasteiger partial charge in [-0.1, -0.05) is 42.5 Å². The molecule has 0 bridgehead atoms. The lowest BCUT2D eigenvalue weighted by molar-refractivity contribution is -0.121. The molecule has 0 aliphatic rings. The van der Waals surface area contributed by atoms with Crippen molar-refractivity contribution in [2.75, 3.05) is 46.2 Å². The van der Waals surface area contributed by atoms with Crippen LogP contribution in [0.2, 0.25) is 0 Å². The predicted molar refractivity (Wildman–Crippen MR) is 131 cm³/mol. The van der Waals surface area contributed by atoms with Crippen LogP contribution in [0.5, 0.6) is 5.75 Å². The second-order valence-corrected chi connectivity index (χ2v) is 8.52. The lowest BCUT2D eigenvalue weighted by Gasteiger charge is -2.22. The Morgan fingerprint density at radius 3 is 2.52 bits per heavy atom. The number of aromatic nitrogens is 1. The number of rotatable bonds is 11. The number of nitrogens with one attached hydrogen (secondary N) is 2. The Kier molecular flexibility index (Phi) is 8.79. The van der Waals surface area contributed by atoms with E-state index in [2.05, 4.69) is 15.6 Å². The van der Waals surface area contributed by atoms with E-state index in [1.54, 1.807) is 12.5 Å². The third kappa shape index (κ3) is 7.30. The normalized spacial score (nSPS) is 10.7. The van der Waals surface area contributed by atoms with Gasteiger partial charge in [0.1, 0.15) is 18.0 Å². The van der Waals surface area contributed by atoms with Crippen LogP contribution >= 0.6 is 11.3 Å². The molecule has 2 N–H and O–H groups in total. The Hall–Kier alpha value is -3.43. The Bertz CT molecular complexity index is 1060. The molecule has 0 saturated carbocycles. The van der Waals surface area contributed by atoms with Crippen molar-refractivity contribution < 1.29 is 14.3 Å². The Morgan fingerprint density at radius 1 is 1.06 bits per heavy atom. The molecule has 0 spiro atoms. The van der Waals surface area contributed by atoms with Gasteiger partial charge in [0.25, 0.3) is 5.91 Å². The first-order valence-electron chi connectivity index (χ1n) is 10.6. The minimum absolute atomic E-state index is 0.0477. The average molecular weight is 468 g/mol. The zero-order valence-electron chi connectivity index (χ0n) is 19.1. The summed E-state index contributed by atoms with van der Waals surface area (Å²) in [6.07, 6.45) is 0. The maximum atomic E-state index is 13.3. The van der Waals surface area contributed by atoms with Crippen molar-refractivity contribution in [2.24, 2.45) is 0 Å². The molecule has 0 aliphatic heterocycles. The van der Waals surface area contributed by atoms with Crippen LogP contribution in [0.3, 0.4) is 0 Å². The number of anilines is 2. The van der Waals surface area contributed by atoms with E-state index in [1.807, 2.05) is 73.6 Å². The zero-order chi connectivity index (χ0) is 23.6. The van der Waals surface area contributed by atoms with Crippen LogP contribution in [0, 0.1) is 0 Å². The molecule has 3 aromatic rings. The summed E-state index contributed by atoms with van der Waals surface area (Å²) in [5, 5.41) is 8.33. The van der Waals surface area contributed by atoms with E-state index in [9.17, 15) is 9.59 Å². The van der Waals surface area contributed by atoms with Gasteiger partial charge in [0.2, 0.25) is 5.91 Å². The Morgan fingerprint density at radius 2 is 1.79 bits per heavy atom. The fraction of sp³-hybridized carbons (Fsp3) is 0.292. The topological polar surface area (TPSA) is 86.8 Å². The number of hydrogen-bond donors (Lipinski definition) is 2. The fourth-order valence-electron chi connectivity index (χ4n) is 3.11. The molecule has 8 nitrogen and oxygen atoms in total. The van der Waals surface area contributed by atoms with E-state index in [4.69, 9.17) is 4.74 Å². The summed E-state index contributed by atoms with van der Waals surface area (Å²) in [6.45, 7) is 1.51. The summed E-state index contributed by atoms with van der Waals surface area (Å²) in [5.74, 6) is 0.176. The van der Waals surface area contributed by atoms with Gasteiger partial charge in [-0.3, -0.25) is 9.59 Å². The van der Waals surface area contributed by atoms with Gasteiger partial charge in [-0.25, -0.2) is 4.98 Å². The van der Waals surface area contributed by atoms with Crippen LogP contribution in [0.25, 0.3) is 0 Å². The molecular formula is C24H29N5O3S. The number of carbonyl (C=O) groups excluding carboxylic acids is 2. The first-order valence-corrected chi connectivity index (χ1v) is 11.4. The predicted octanol–water partition coefficient (Wildman–Crippen LogP) is 3.22. The highest BCUT2D eigenvalue weighted by atomic mass is 32.1. The van der Waals surface area contributed by atoms with E-state index >= 15 is 0 Å². The van der Waals surface area contributed by atoms with Crippen LogP contribution in [0.4, 0.5) is 10.8 Å². The number of likely N-dealkylation sites (N-methyl/N-ethyl adjacent to an activating group) is 1. The van der Waals surface area contributed by atoms with E-state index in [-0.39, 0.29) is 24.1 Å². The molecule has 2 aromatic carbocycles. The third-order valence-electron chi connectivity index (χ3n) is 4.79. The number of benzene rings is 2. The number of thiazole rings is 1. The number of methoxy groups -OCH3 is 1. The standard InChI is InChI=1S/C24H29N5O3S/c1-28(2)14-13-25-22(30)16-29(15-18-9-5-4-6-10-18)23(31)20-17-33-24(27-20)26-19-11-7-8-12-21(19)32-3/h4-12,17H,13-16H2,1-3H3,(H,25,30)(H,26,27). The molecule has 33 heavy (non-hydrogen) atoms. The van der Waals surface area contributed by atoms with Gasteiger partial charge in [-0.05, 0) is 31.8 Å². The first-order chi connectivity index (χ1) is 16.0. The minimum Gasteiger partial charge on any atom is -0.495 e. The van der Waals surface area contributed by atoms with Crippen molar-refractivity contribution in [1.29, 1.82) is 0 Å². The van der Waals surface area contributed by atoms with E-state index in [0.29, 0.717) is 24.0 Å². The number of carbonyl (C=O) groups is 2. The summed E-state index contributed by atoms with van der Waals surface area (Å²) in [6, 6.07) is 17.1. The quantitative estimate of drug-likeness (QED) is 0.450.